The van der Waals surface area contributed by atoms with Crippen LogP contribution in [0.15, 0.2) is 18.5 Å². The third kappa shape index (κ3) is 16.1. The van der Waals surface area contributed by atoms with E-state index in [1.54, 1.807) is 10.9 Å². The van der Waals surface area contributed by atoms with Crippen molar-refractivity contribution in [2.24, 2.45) is 12.5 Å². The maximum Gasteiger partial charge on any atom is 0.0489 e. The summed E-state index contributed by atoms with van der Waals surface area (Å²) in [5.74, 6) is 0. The molecule has 2 heteroatoms. The van der Waals surface area contributed by atoms with Crippen LogP contribution < -0.4 is 0 Å². The van der Waals surface area contributed by atoms with Gasteiger partial charge in [-0.25, -0.2) is 0 Å². The van der Waals surface area contributed by atoms with Gasteiger partial charge in [0.15, 0.2) is 0 Å². The van der Waals surface area contributed by atoms with E-state index in [0.29, 0.717) is 5.41 Å². The van der Waals surface area contributed by atoms with Crippen LogP contribution in [0.5, 0.6) is 0 Å². The van der Waals surface area contributed by atoms with Crippen molar-refractivity contribution in [1.29, 1.82) is 0 Å². The molecule has 1 aromatic heterocycles. The molecule has 0 fully saturated rings. The molecule has 2 nitrogen and oxygen atoms in total. The van der Waals surface area contributed by atoms with Gasteiger partial charge in [-0.15, -0.1) is 0 Å². The Kier molecular flexibility index (Phi) is 6.67. The van der Waals surface area contributed by atoms with Gasteiger partial charge in [-0.2, -0.15) is 5.10 Å². The molecule has 72 valence electrons. The molecule has 0 N–H and O–H groups in total. The van der Waals surface area contributed by atoms with Gasteiger partial charge >= 0.3 is 0 Å². The molecule has 1 heterocycles. The molecule has 0 aliphatic carbocycles. The zero-order chi connectivity index (χ0) is 8.91. The highest BCUT2D eigenvalue weighted by Gasteiger charge is 1.95. The highest BCUT2D eigenvalue weighted by atomic mass is 15.2. The van der Waals surface area contributed by atoms with Gasteiger partial charge in [-0.1, -0.05) is 35.1 Å². The van der Waals surface area contributed by atoms with E-state index < -0.39 is 0 Å². The van der Waals surface area contributed by atoms with Crippen molar-refractivity contribution in [2.75, 3.05) is 0 Å². The van der Waals surface area contributed by atoms with Crippen LogP contribution in [0.4, 0.5) is 0 Å². The van der Waals surface area contributed by atoms with E-state index in [9.17, 15) is 0 Å². The summed E-state index contributed by atoms with van der Waals surface area (Å²) in [7, 11) is 1.89. The first-order chi connectivity index (χ1) is 4.89. The zero-order valence-corrected chi connectivity index (χ0v) is 8.13. The number of aromatic nitrogens is 2. The summed E-state index contributed by atoms with van der Waals surface area (Å²) >= 11 is 0. The third-order valence-electron chi connectivity index (χ3n) is 0.637. The molecule has 0 saturated heterocycles. The van der Waals surface area contributed by atoms with E-state index in [0.717, 1.165) is 0 Å². The van der Waals surface area contributed by atoms with Crippen LogP contribution in [-0.2, 0) is 7.05 Å². The minimum absolute atomic E-state index is 0. The molecular formula is C10H22N2. The quantitative estimate of drug-likeness (QED) is 0.585. The second kappa shape index (κ2) is 5.81. The van der Waals surface area contributed by atoms with E-state index in [-0.39, 0.29) is 7.43 Å². The van der Waals surface area contributed by atoms with Gasteiger partial charge in [0, 0.05) is 19.4 Å². The average Bonchev–Trinajstić information content (AvgIpc) is 2.12. The lowest BCUT2D eigenvalue weighted by molar-refractivity contribution is 0.469. The second-order valence-electron chi connectivity index (χ2n) is 4.18. The van der Waals surface area contributed by atoms with E-state index in [4.69, 9.17) is 0 Å². The summed E-state index contributed by atoms with van der Waals surface area (Å²) in [5, 5.41) is 3.83. The molecule has 0 radical (unpaired) electrons. The Morgan fingerprint density at radius 2 is 1.58 bits per heavy atom. The van der Waals surface area contributed by atoms with E-state index in [2.05, 4.69) is 32.8 Å². The van der Waals surface area contributed by atoms with Crippen LogP contribution in [0.3, 0.4) is 0 Å². The van der Waals surface area contributed by atoms with Crippen molar-refractivity contribution in [3.63, 3.8) is 0 Å². The van der Waals surface area contributed by atoms with Gasteiger partial charge in [0.25, 0.3) is 0 Å². The molecule has 1 rings (SSSR count). The molecular weight excluding hydrogens is 148 g/mol. The molecule has 0 atom stereocenters. The highest BCUT2D eigenvalue weighted by molar-refractivity contribution is 4.75. The minimum Gasteiger partial charge on any atom is -0.276 e. The molecule has 1 aromatic rings. The second-order valence-corrected chi connectivity index (χ2v) is 4.18. The SMILES string of the molecule is C.CC(C)(C)C.Cn1cccn1. The number of hydrogen-bond donors (Lipinski definition) is 0. The van der Waals surface area contributed by atoms with Crippen LogP contribution in [0.2, 0.25) is 0 Å². The van der Waals surface area contributed by atoms with E-state index in [1.165, 1.54) is 0 Å². The van der Waals surface area contributed by atoms with E-state index in [1.807, 2.05) is 19.3 Å². The maximum absolute atomic E-state index is 3.83. The zero-order valence-electron chi connectivity index (χ0n) is 8.13. The van der Waals surface area contributed by atoms with Crippen molar-refractivity contribution in [1.82, 2.24) is 9.78 Å². The third-order valence-corrected chi connectivity index (χ3v) is 0.637. The summed E-state index contributed by atoms with van der Waals surface area (Å²) in [6, 6.07) is 1.89. The predicted molar refractivity (Wildman–Crippen MR) is 55.1 cm³/mol. The number of rotatable bonds is 0. The van der Waals surface area contributed by atoms with Gasteiger partial charge in [0.1, 0.15) is 0 Å². The Balaban J connectivity index is 0. The fourth-order valence-corrected chi connectivity index (χ4v) is 0.345. The lowest BCUT2D eigenvalue weighted by Crippen LogP contribution is -1.93. The Hall–Kier alpha value is -0.790. The summed E-state index contributed by atoms with van der Waals surface area (Å²) < 4.78 is 1.75. The molecule has 0 bridgehead atoms. The van der Waals surface area contributed by atoms with Gasteiger partial charge in [0.2, 0.25) is 0 Å². The average molecular weight is 170 g/mol. The van der Waals surface area contributed by atoms with Gasteiger partial charge in [-0.3, -0.25) is 4.68 Å². The smallest absolute Gasteiger partial charge is 0.0489 e. The Morgan fingerprint density at radius 1 is 1.17 bits per heavy atom. The predicted octanol–water partition coefficient (Wildman–Crippen LogP) is 3.11. The highest BCUT2D eigenvalue weighted by Crippen LogP contribution is 2.07. The summed E-state index contributed by atoms with van der Waals surface area (Å²) in [5.41, 5.74) is 0.500. The summed E-state index contributed by atoms with van der Waals surface area (Å²) in [6.45, 7) is 8.75. The lowest BCUT2D eigenvalue weighted by Gasteiger charge is -2.05. The minimum atomic E-state index is 0. The van der Waals surface area contributed by atoms with Crippen LogP contribution in [-0.4, -0.2) is 9.78 Å². The first-order valence-corrected chi connectivity index (χ1v) is 3.83. The van der Waals surface area contributed by atoms with E-state index >= 15 is 0 Å². The number of hydrogen-bond acceptors (Lipinski definition) is 1. The topological polar surface area (TPSA) is 17.8 Å². The molecule has 0 aliphatic heterocycles. The number of nitrogens with zero attached hydrogens (tertiary/aromatic N) is 2. The number of aryl methyl sites for hydroxylation is 1. The Morgan fingerprint density at radius 3 is 1.67 bits per heavy atom. The molecule has 0 aromatic carbocycles. The van der Waals surface area contributed by atoms with Crippen LogP contribution in [0.1, 0.15) is 35.1 Å². The van der Waals surface area contributed by atoms with Crippen molar-refractivity contribution >= 4 is 0 Å². The molecule has 12 heavy (non-hydrogen) atoms. The lowest BCUT2D eigenvalue weighted by atomic mass is 10.0. The first-order valence-electron chi connectivity index (χ1n) is 3.83. The van der Waals surface area contributed by atoms with Crippen LogP contribution in [0.25, 0.3) is 0 Å². The first kappa shape index (κ1) is 13.8. The van der Waals surface area contributed by atoms with Gasteiger partial charge < -0.3 is 0 Å². The monoisotopic (exact) mass is 170 g/mol. The van der Waals surface area contributed by atoms with Crippen molar-refractivity contribution in [3.8, 4) is 0 Å². The van der Waals surface area contributed by atoms with Gasteiger partial charge in [-0.05, 0) is 11.5 Å². The fourth-order valence-electron chi connectivity index (χ4n) is 0.345. The van der Waals surface area contributed by atoms with Crippen molar-refractivity contribution in [2.45, 2.75) is 35.1 Å². The molecule has 0 saturated carbocycles. The Bertz CT molecular complexity index is 164. The fraction of sp³-hybridized carbons (Fsp3) is 0.700. The molecule has 0 aliphatic rings. The van der Waals surface area contributed by atoms with Crippen LogP contribution in [0, 0.1) is 5.41 Å². The molecule has 0 amide bonds. The Labute approximate surface area is 76.6 Å². The molecule has 0 spiro atoms. The van der Waals surface area contributed by atoms with Crippen molar-refractivity contribution < 1.29 is 0 Å². The normalized spacial score (nSPS) is 9.42. The maximum atomic E-state index is 3.83. The largest absolute Gasteiger partial charge is 0.276 e. The van der Waals surface area contributed by atoms with Crippen LogP contribution >= 0.6 is 0 Å². The summed E-state index contributed by atoms with van der Waals surface area (Å²) in [4.78, 5) is 0. The van der Waals surface area contributed by atoms with Gasteiger partial charge in [0.05, 0.1) is 0 Å². The summed E-state index contributed by atoms with van der Waals surface area (Å²) in [6.07, 6.45) is 3.64. The molecule has 0 unspecified atom stereocenters. The standard InChI is InChI=1S/C5H12.C4H6N2.CH4/c1-5(2,3)4;1-6-4-2-3-5-6;/h1-4H3;2-4H,1H3;1H4. The van der Waals surface area contributed by atoms with Crippen molar-refractivity contribution in [3.05, 3.63) is 18.5 Å².